The number of H-pyrrole nitrogens is 1. The van der Waals surface area contributed by atoms with E-state index < -0.39 is 0 Å². The Morgan fingerprint density at radius 3 is 2.86 bits per heavy atom. The van der Waals surface area contributed by atoms with Crippen LogP contribution in [0.3, 0.4) is 0 Å². The first-order valence-corrected chi connectivity index (χ1v) is 6.06. The summed E-state index contributed by atoms with van der Waals surface area (Å²) in [6.07, 6.45) is 3.93. The minimum Gasteiger partial charge on any atom is -0.313 e. The van der Waals surface area contributed by atoms with Gasteiger partial charge in [0.25, 0.3) is 0 Å². The molecule has 80 valence electrons. The molecule has 1 aromatic rings. The van der Waals surface area contributed by atoms with Gasteiger partial charge in [-0.25, -0.2) is 4.98 Å². The van der Waals surface area contributed by atoms with Crippen molar-refractivity contribution in [3.05, 3.63) is 6.33 Å². The molecule has 0 unspecified atom stereocenters. The molecule has 0 aromatic carbocycles. The Balaban J connectivity index is 2.04. The second-order valence-electron chi connectivity index (χ2n) is 3.11. The number of hydrogen-bond acceptors (Lipinski definition) is 4. The van der Waals surface area contributed by atoms with E-state index in [9.17, 15) is 0 Å². The minimum absolute atomic E-state index is 0.658. The molecule has 4 nitrogen and oxygen atoms in total. The average Bonchev–Trinajstić information content (AvgIpc) is 2.71. The lowest BCUT2D eigenvalue weighted by molar-refractivity contribution is 0.501. The van der Waals surface area contributed by atoms with E-state index in [0.717, 1.165) is 17.5 Å². The molecule has 1 heterocycles. The van der Waals surface area contributed by atoms with Gasteiger partial charge in [0.2, 0.25) is 0 Å². The Morgan fingerprint density at radius 1 is 1.50 bits per heavy atom. The van der Waals surface area contributed by atoms with Crippen LogP contribution in [0.5, 0.6) is 0 Å². The van der Waals surface area contributed by atoms with Gasteiger partial charge in [0.15, 0.2) is 5.16 Å². The van der Waals surface area contributed by atoms with Gasteiger partial charge in [-0.3, -0.25) is 5.10 Å². The minimum atomic E-state index is 0.658. The maximum Gasteiger partial charge on any atom is 0.183 e. The van der Waals surface area contributed by atoms with Crippen LogP contribution in [0.15, 0.2) is 11.5 Å². The van der Waals surface area contributed by atoms with Crippen molar-refractivity contribution < 1.29 is 0 Å². The standard InChI is InChI=1S/C9H18N4S/c1-3-8(4-2)10-5-6-14-9-11-7-12-13-9/h7-8,10H,3-6H2,1-2H3,(H,11,12,13). The van der Waals surface area contributed by atoms with Crippen LogP contribution in [0, 0.1) is 0 Å². The van der Waals surface area contributed by atoms with Crippen molar-refractivity contribution in [3.8, 4) is 0 Å². The smallest absolute Gasteiger partial charge is 0.183 e. The van der Waals surface area contributed by atoms with Gasteiger partial charge in [-0.15, -0.1) is 0 Å². The average molecular weight is 214 g/mol. The third-order valence-electron chi connectivity index (χ3n) is 2.15. The van der Waals surface area contributed by atoms with E-state index in [-0.39, 0.29) is 0 Å². The summed E-state index contributed by atoms with van der Waals surface area (Å²) in [5, 5.41) is 11.0. The normalized spacial score (nSPS) is 11.1. The van der Waals surface area contributed by atoms with Crippen molar-refractivity contribution in [3.63, 3.8) is 0 Å². The number of nitrogens with one attached hydrogen (secondary N) is 2. The van der Waals surface area contributed by atoms with E-state index in [2.05, 4.69) is 34.3 Å². The molecule has 5 heteroatoms. The molecule has 0 atom stereocenters. The van der Waals surface area contributed by atoms with Crippen LogP contribution in [-0.2, 0) is 0 Å². The second-order valence-corrected chi connectivity index (χ2v) is 4.19. The van der Waals surface area contributed by atoms with Crippen LogP contribution in [-0.4, -0.2) is 33.5 Å². The van der Waals surface area contributed by atoms with E-state index in [1.807, 2.05) is 0 Å². The zero-order chi connectivity index (χ0) is 10.2. The second kappa shape index (κ2) is 6.84. The fourth-order valence-corrected chi connectivity index (χ4v) is 1.90. The van der Waals surface area contributed by atoms with Crippen molar-refractivity contribution >= 4 is 11.8 Å². The highest BCUT2D eigenvalue weighted by atomic mass is 32.2. The molecule has 0 fully saturated rings. The van der Waals surface area contributed by atoms with Crippen molar-refractivity contribution in [2.75, 3.05) is 12.3 Å². The quantitative estimate of drug-likeness (QED) is 0.535. The molecular formula is C9H18N4S. The third kappa shape index (κ3) is 4.11. The van der Waals surface area contributed by atoms with Crippen LogP contribution in [0.1, 0.15) is 26.7 Å². The summed E-state index contributed by atoms with van der Waals surface area (Å²) in [4.78, 5) is 4.04. The summed E-state index contributed by atoms with van der Waals surface area (Å²) < 4.78 is 0. The van der Waals surface area contributed by atoms with Gasteiger partial charge in [0.05, 0.1) is 0 Å². The Hall–Kier alpha value is -0.550. The van der Waals surface area contributed by atoms with Crippen LogP contribution in [0.2, 0.25) is 0 Å². The fraction of sp³-hybridized carbons (Fsp3) is 0.778. The van der Waals surface area contributed by atoms with Gasteiger partial charge < -0.3 is 5.32 Å². The van der Waals surface area contributed by atoms with Crippen molar-refractivity contribution in [2.24, 2.45) is 0 Å². The zero-order valence-electron chi connectivity index (χ0n) is 8.79. The van der Waals surface area contributed by atoms with Crippen LogP contribution < -0.4 is 5.32 Å². The number of rotatable bonds is 7. The predicted octanol–water partition coefficient (Wildman–Crippen LogP) is 1.67. The van der Waals surface area contributed by atoms with E-state index in [1.165, 1.54) is 19.2 Å². The lowest BCUT2D eigenvalue weighted by atomic mass is 10.2. The van der Waals surface area contributed by atoms with Crippen LogP contribution in [0.25, 0.3) is 0 Å². The van der Waals surface area contributed by atoms with Gasteiger partial charge in [-0.05, 0) is 12.8 Å². The van der Waals surface area contributed by atoms with Gasteiger partial charge >= 0.3 is 0 Å². The summed E-state index contributed by atoms with van der Waals surface area (Å²) in [5.74, 6) is 1.03. The first-order valence-electron chi connectivity index (χ1n) is 5.08. The lowest BCUT2D eigenvalue weighted by Crippen LogP contribution is -2.29. The number of aromatic nitrogens is 3. The summed E-state index contributed by atoms with van der Waals surface area (Å²) in [6, 6.07) is 0.658. The molecule has 0 saturated heterocycles. The Bertz CT molecular complexity index is 221. The summed E-state index contributed by atoms with van der Waals surface area (Å²) in [5.41, 5.74) is 0. The van der Waals surface area contributed by atoms with E-state index in [1.54, 1.807) is 11.8 Å². The van der Waals surface area contributed by atoms with Crippen LogP contribution in [0.4, 0.5) is 0 Å². The molecular weight excluding hydrogens is 196 g/mol. The number of hydrogen-bond donors (Lipinski definition) is 2. The molecule has 1 aromatic heterocycles. The fourth-order valence-electron chi connectivity index (χ4n) is 1.25. The first-order chi connectivity index (χ1) is 6.86. The topological polar surface area (TPSA) is 53.6 Å². The largest absolute Gasteiger partial charge is 0.313 e. The Kier molecular flexibility index (Phi) is 5.63. The van der Waals surface area contributed by atoms with Gasteiger partial charge in [-0.1, -0.05) is 25.6 Å². The highest BCUT2D eigenvalue weighted by Crippen LogP contribution is 2.09. The summed E-state index contributed by atoms with van der Waals surface area (Å²) in [6.45, 7) is 5.45. The lowest BCUT2D eigenvalue weighted by Gasteiger charge is -2.13. The molecule has 0 saturated carbocycles. The molecule has 2 N–H and O–H groups in total. The highest BCUT2D eigenvalue weighted by Gasteiger charge is 2.01. The van der Waals surface area contributed by atoms with E-state index in [4.69, 9.17) is 0 Å². The predicted molar refractivity (Wildman–Crippen MR) is 59.5 cm³/mol. The Labute approximate surface area is 89.3 Å². The molecule has 0 amide bonds. The van der Waals surface area contributed by atoms with Crippen LogP contribution >= 0.6 is 11.8 Å². The number of thioether (sulfide) groups is 1. The molecule has 0 aliphatic rings. The molecule has 0 aliphatic heterocycles. The zero-order valence-corrected chi connectivity index (χ0v) is 9.60. The van der Waals surface area contributed by atoms with Gasteiger partial charge in [0, 0.05) is 18.3 Å². The van der Waals surface area contributed by atoms with Crippen molar-refractivity contribution in [2.45, 2.75) is 37.9 Å². The summed E-state index contributed by atoms with van der Waals surface area (Å²) in [7, 11) is 0. The molecule has 0 aliphatic carbocycles. The van der Waals surface area contributed by atoms with E-state index in [0.29, 0.717) is 6.04 Å². The maximum absolute atomic E-state index is 4.04. The number of nitrogens with zero attached hydrogens (tertiary/aromatic N) is 2. The van der Waals surface area contributed by atoms with E-state index >= 15 is 0 Å². The highest BCUT2D eigenvalue weighted by molar-refractivity contribution is 7.99. The molecule has 1 rings (SSSR count). The first kappa shape index (κ1) is 11.5. The molecule has 0 bridgehead atoms. The van der Waals surface area contributed by atoms with Gasteiger partial charge in [0.1, 0.15) is 6.33 Å². The third-order valence-corrected chi connectivity index (χ3v) is 3.03. The number of aromatic amines is 1. The SMILES string of the molecule is CCC(CC)NCCSc1ncn[nH]1. The van der Waals surface area contributed by atoms with Crippen molar-refractivity contribution in [1.29, 1.82) is 0 Å². The summed E-state index contributed by atoms with van der Waals surface area (Å²) >= 11 is 1.70. The van der Waals surface area contributed by atoms with Crippen molar-refractivity contribution in [1.82, 2.24) is 20.5 Å². The maximum atomic E-state index is 4.04. The molecule has 0 radical (unpaired) electrons. The molecule has 0 spiro atoms. The molecule has 14 heavy (non-hydrogen) atoms. The monoisotopic (exact) mass is 214 g/mol. The van der Waals surface area contributed by atoms with Gasteiger partial charge in [-0.2, -0.15) is 5.10 Å². The Morgan fingerprint density at radius 2 is 2.29 bits per heavy atom.